The zero-order valence-corrected chi connectivity index (χ0v) is 10.1. The van der Waals surface area contributed by atoms with Crippen molar-refractivity contribution in [2.75, 3.05) is 0 Å². The summed E-state index contributed by atoms with van der Waals surface area (Å²) in [6, 6.07) is 0. The van der Waals surface area contributed by atoms with Gasteiger partial charge in [0.1, 0.15) is 0 Å². The Morgan fingerprint density at radius 1 is 1.33 bits per heavy atom. The Morgan fingerprint density at radius 2 is 1.93 bits per heavy atom. The number of hydrogen-bond acceptors (Lipinski definition) is 2. The van der Waals surface area contributed by atoms with Gasteiger partial charge in [0.2, 0.25) is 11.8 Å². The van der Waals surface area contributed by atoms with Crippen molar-refractivity contribution in [2.45, 2.75) is 47.0 Å². The highest BCUT2D eigenvalue weighted by molar-refractivity contribution is 5.99. The fourth-order valence-electron chi connectivity index (χ4n) is 2.36. The standard InChI is InChI=1S/C12H21NO2/c1-5-6-8-9(12(2,3)4)7-10(14)13-11(8)15/h8-9H,5-7H2,1-4H3,(H,13,14,15). The Morgan fingerprint density at radius 3 is 2.40 bits per heavy atom. The first-order valence-electron chi connectivity index (χ1n) is 5.70. The lowest BCUT2D eigenvalue weighted by atomic mass is 9.68. The smallest absolute Gasteiger partial charge is 0.229 e. The minimum Gasteiger partial charge on any atom is -0.296 e. The second-order valence-corrected chi connectivity index (χ2v) is 5.48. The number of hydrogen-bond donors (Lipinski definition) is 1. The molecule has 1 fully saturated rings. The summed E-state index contributed by atoms with van der Waals surface area (Å²) in [5.74, 6) is -0.00768. The van der Waals surface area contributed by atoms with Crippen molar-refractivity contribution in [1.29, 1.82) is 0 Å². The molecule has 1 saturated heterocycles. The fourth-order valence-corrected chi connectivity index (χ4v) is 2.36. The molecule has 1 heterocycles. The topological polar surface area (TPSA) is 46.2 Å². The highest BCUT2D eigenvalue weighted by Crippen LogP contribution is 2.38. The van der Waals surface area contributed by atoms with Crippen LogP contribution in [0.3, 0.4) is 0 Å². The normalized spacial score (nSPS) is 27.7. The number of carbonyl (C=O) groups excluding carboxylic acids is 2. The average Bonchev–Trinajstić information content (AvgIpc) is 2.07. The van der Waals surface area contributed by atoms with E-state index in [-0.39, 0.29) is 29.1 Å². The molecule has 2 amide bonds. The van der Waals surface area contributed by atoms with E-state index in [2.05, 4.69) is 33.0 Å². The van der Waals surface area contributed by atoms with Crippen LogP contribution in [0.25, 0.3) is 0 Å². The van der Waals surface area contributed by atoms with E-state index in [1.165, 1.54) is 0 Å². The van der Waals surface area contributed by atoms with Crippen molar-refractivity contribution < 1.29 is 9.59 Å². The van der Waals surface area contributed by atoms with Crippen LogP contribution in [-0.4, -0.2) is 11.8 Å². The third kappa shape index (κ3) is 2.80. The quantitative estimate of drug-likeness (QED) is 0.711. The Bertz CT molecular complexity index is 265. The SMILES string of the molecule is CCCC1C(=O)NC(=O)CC1C(C)(C)C. The summed E-state index contributed by atoms with van der Waals surface area (Å²) in [6.45, 7) is 8.38. The summed E-state index contributed by atoms with van der Waals surface area (Å²) in [5, 5.41) is 2.44. The maximum Gasteiger partial charge on any atom is 0.229 e. The lowest BCUT2D eigenvalue weighted by molar-refractivity contribution is -0.142. The highest BCUT2D eigenvalue weighted by Gasteiger charge is 2.41. The van der Waals surface area contributed by atoms with E-state index in [1.54, 1.807) is 0 Å². The van der Waals surface area contributed by atoms with E-state index in [0.717, 1.165) is 12.8 Å². The third-order valence-corrected chi connectivity index (χ3v) is 3.20. The van der Waals surface area contributed by atoms with E-state index < -0.39 is 0 Å². The first-order chi connectivity index (χ1) is 6.86. The number of imide groups is 1. The van der Waals surface area contributed by atoms with Crippen LogP contribution in [0.5, 0.6) is 0 Å². The van der Waals surface area contributed by atoms with E-state index in [0.29, 0.717) is 6.42 Å². The predicted octanol–water partition coefficient (Wildman–Crippen LogP) is 2.11. The largest absolute Gasteiger partial charge is 0.296 e. The number of nitrogens with one attached hydrogen (secondary N) is 1. The first kappa shape index (κ1) is 12.2. The van der Waals surface area contributed by atoms with Crippen molar-refractivity contribution in [2.24, 2.45) is 17.3 Å². The van der Waals surface area contributed by atoms with Gasteiger partial charge in [0.15, 0.2) is 0 Å². The minimum atomic E-state index is -0.118. The highest BCUT2D eigenvalue weighted by atomic mass is 16.2. The van der Waals surface area contributed by atoms with Crippen LogP contribution in [0.15, 0.2) is 0 Å². The zero-order valence-electron chi connectivity index (χ0n) is 10.1. The number of carbonyl (C=O) groups is 2. The first-order valence-corrected chi connectivity index (χ1v) is 5.70. The number of piperidine rings is 1. The van der Waals surface area contributed by atoms with Crippen molar-refractivity contribution >= 4 is 11.8 Å². The second kappa shape index (κ2) is 4.33. The van der Waals surface area contributed by atoms with Gasteiger partial charge in [-0.15, -0.1) is 0 Å². The van der Waals surface area contributed by atoms with Crippen LogP contribution < -0.4 is 5.32 Å². The minimum absolute atomic E-state index is 0.00713. The van der Waals surface area contributed by atoms with Crippen LogP contribution in [0.2, 0.25) is 0 Å². The third-order valence-electron chi connectivity index (χ3n) is 3.20. The van der Waals surface area contributed by atoms with Crippen LogP contribution in [0.4, 0.5) is 0 Å². The molecule has 86 valence electrons. The molecule has 15 heavy (non-hydrogen) atoms. The molecule has 3 nitrogen and oxygen atoms in total. The molecule has 0 saturated carbocycles. The van der Waals surface area contributed by atoms with Gasteiger partial charge in [-0.3, -0.25) is 14.9 Å². The molecular weight excluding hydrogens is 190 g/mol. The van der Waals surface area contributed by atoms with Crippen LogP contribution in [-0.2, 0) is 9.59 Å². The average molecular weight is 211 g/mol. The Kier molecular flexibility index (Phi) is 3.53. The van der Waals surface area contributed by atoms with Gasteiger partial charge in [-0.2, -0.15) is 0 Å². The summed E-state index contributed by atoms with van der Waals surface area (Å²) >= 11 is 0. The van der Waals surface area contributed by atoms with Crippen molar-refractivity contribution in [3.63, 3.8) is 0 Å². The molecule has 2 atom stereocenters. The molecule has 1 N–H and O–H groups in total. The molecule has 0 aliphatic carbocycles. The van der Waals surface area contributed by atoms with Crippen LogP contribution >= 0.6 is 0 Å². The Labute approximate surface area is 91.6 Å². The molecule has 2 unspecified atom stereocenters. The van der Waals surface area contributed by atoms with Gasteiger partial charge in [0.25, 0.3) is 0 Å². The number of rotatable bonds is 2. The van der Waals surface area contributed by atoms with Gasteiger partial charge < -0.3 is 0 Å². The number of amides is 2. The Hall–Kier alpha value is -0.860. The maximum absolute atomic E-state index is 11.7. The second-order valence-electron chi connectivity index (χ2n) is 5.48. The van der Waals surface area contributed by atoms with Crippen molar-refractivity contribution in [3.8, 4) is 0 Å². The van der Waals surface area contributed by atoms with E-state index >= 15 is 0 Å². The summed E-state index contributed by atoms with van der Waals surface area (Å²) < 4.78 is 0. The molecule has 1 aliphatic heterocycles. The summed E-state index contributed by atoms with van der Waals surface area (Å²) in [5.41, 5.74) is 0.0211. The molecule has 0 aromatic heterocycles. The summed E-state index contributed by atoms with van der Waals surface area (Å²) in [4.78, 5) is 23.1. The van der Waals surface area contributed by atoms with Gasteiger partial charge in [0.05, 0.1) is 0 Å². The predicted molar refractivity (Wildman–Crippen MR) is 59.1 cm³/mol. The van der Waals surface area contributed by atoms with Gasteiger partial charge in [0, 0.05) is 12.3 Å². The molecule has 1 rings (SSSR count). The molecule has 3 heteroatoms. The molecule has 0 aromatic rings. The van der Waals surface area contributed by atoms with E-state index in [1.807, 2.05) is 0 Å². The summed E-state index contributed by atoms with van der Waals surface area (Å²) in [6.07, 6.45) is 2.35. The monoisotopic (exact) mass is 211 g/mol. The van der Waals surface area contributed by atoms with Gasteiger partial charge in [-0.25, -0.2) is 0 Å². The van der Waals surface area contributed by atoms with E-state index in [4.69, 9.17) is 0 Å². The maximum atomic E-state index is 11.7. The van der Waals surface area contributed by atoms with Gasteiger partial charge in [-0.05, 0) is 17.8 Å². The van der Waals surface area contributed by atoms with Gasteiger partial charge in [-0.1, -0.05) is 34.1 Å². The van der Waals surface area contributed by atoms with Crippen molar-refractivity contribution in [3.05, 3.63) is 0 Å². The lowest BCUT2D eigenvalue weighted by Gasteiger charge is -2.38. The van der Waals surface area contributed by atoms with E-state index in [9.17, 15) is 9.59 Å². The van der Waals surface area contributed by atoms with Crippen molar-refractivity contribution in [1.82, 2.24) is 5.32 Å². The zero-order chi connectivity index (χ0) is 11.6. The van der Waals surface area contributed by atoms with Gasteiger partial charge >= 0.3 is 0 Å². The fraction of sp³-hybridized carbons (Fsp3) is 0.833. The molecule has 0 bridgehead atoms. The van der Waals surface area contributed by atoms with Crippen LogP contribution in [0.1, 0.15) is 47.0 Å². The van der Waals surface area contributed by atoms with Crippen LogP contribution in [0, 0.1) is 17.3 Å². The molecular formula is C12H21NO2. The molecule has 0 radical (unpaired) electrons. The summed E-state index contributed by atoms with van der Waals surface area (Å²) in [7, 11) is 0. The Balaban J connectivity index is 2.87. The molecule has 0 aromatic carbocycles. The molecule has 1 aliphatic rings. The lowest BCUT2D eigenvalue weighted by Crippen LogP contribution is -2.49. The molecule has 0 spiro atoms.